The van der Waals surface area contributed by atoms with Crippen molar-refractivity contribution in [2.75, 3.05) is 0 Å². The highest BCUT2D eigenvalue weighted by Gasteiger charge is 2.35. The van der Waals surface area contributed by atoms with Crippen LogP contribution in [0.15, 0.2) is 144 Å². The summed E-state index contributed by atoms with van der Waals surface area (Å²) in [4.78, 5) is 15.6. The molecule has 0 atom stereocenters. The van der Waals surface area contributed by atoms with Crippen molar-refractivity contribution < 1.29 is 4.42 Å². The minimum atomic E-state index is -0.0767. The Bertz CT molecular complexity index is 2770. The summed E-state index contributed by atoms with van der Waals surface area (Å²) in [6.45, 7) is 4.61. The topological polar surface area (TPSA) is 51.8 Å². The maximum Gasteiger partial charge on any atom is 0.164 e. The fourth-order valence-electron chi connectivity index (χ4n) is 7.72. The predicted octanol–water partition coefficient (Wildman–Crippen LogP) is 11.4. The van der Waals surface area contributed by atoms with Gasteiger partial charge in [0.05, 0.1) is 0 Å². The molecule has 10 rings (SSSR count). The second-order valence-electron chi connectivity index (χ2n) is 13.2. The van der Waals surface area contributed by atoms with E-state index in [0.717, 1.165) is 49.4 Å². The fourth-order valence-corrected chi connectivity index (χ4v) is 7.72. The molecule has 0 unspecified atom stereocenters. The second-order valence-corrected chi connectivity index (χ2v) is 13.2. The van der Waals surface area contributed by atoms with Gasteiger partial charge in [0.1, 0.15) is 11.2 Å². The molecule has 226 valence electrons. The SMILES string of the molecule is CC1(C)c2ccccc2-c2cc(-c3nc(-c4ccc5oc6ccccc6c5c4)nc(-c4cccc5ccc6ccccc6c45)n3)ccc21. The lowest BCUT2D eigenvalue weighted by atomic mass is 9.82. The molecule has 2 aromatic heterocycles. The van der Waals surface area contributed by atoms with E-state index in [2.05, 4.69) is 123 Å². The van der Waals surface area contributed by atoms with Gasteiger partial charge in [-0.3, -0.25) is 0 Å². The van der Waals surface area contributed by atoms with Gasteiger partial charge in [-0.15, -0.1) is 0 Å². The molecule has 0 fully saturated rings. The van der Waals surface area contributed by atoms with Gasteiger partial charge in [0, 0.05) is 38.3 Å². The number of hydrogen-bond donors (Lipinski definition) is 0. The highest BCUT2D eigenvalue weighted by atomic mass is 16.3. The van der Waals surface area contributed by atoms with E-state index >= 15 is 0 Å². The number of fused-ring (bicyclic) bond motifs is 9. The monoisotopic (exact) mass is 615 g/mol. The molecule has 0 saturated carbocycles. The molecular formula is C44H29N3O. The van der Waals surface area contributed by atoms with Crippen LogP contribution in [0.1, 0.15) is 25.0 Å². The second kappa shape index (κ2) is 9.93. The maximum absolute atomic E-state index is 6.15. The van der Waals surface area contributed by atoms with Crippen LogP contribution < -0.4 is 0 Å². The van der Waals surface area contributed by atoms with Crippen LogP contribution in [-0.2, 0) is 5.41 Å². The quantitative estimate of drug-likeness (QED) is 0.186. The van der Waals surface area contributed by atoms with Crippen LogP contribution in [0.25, 0.3) is 88.8 Å². The van der Waals surface area contributed by atoms with Gasteiger partial charge in [0.25, 0.3) is 0 Å². The summed E-state index contributed by atoms with van der Waals surface area (Å²) in [7, 11) is 0. The van der Waals surface area contributed by atoms with Gasteiger partial charge in [-0.1, -0.05) is 123 Å². The molecule has 0 bridgehead atoms. The minimum absolute atomic E-state index is 0.0767. The third-order valence-electron chi connectivity index (χ3n) is 10.1. The number of benzene rings is 7. The first kappa shape index (κ1) is 27.0. The molecule has 0 radical (unpaired) electrons. The average molecular weight is 616 g/mol. The van der Waals surface area contributed by atoms with Crippen LogP contribution in [-0.4, -0.2) is 15.0 Å². The van der Waals surface area contributed by atoms with Crippen molar-refractivity contribution in [2.45, 2.75) is 19.3 Å². The molecule has 1 aliphatic rings. The van der Waals surface area contributed by atoms with Crippen molar-refractivity contribution in [1.29, 1.82) is 0 Å². The zero-order valence-electron chi connectivity index (χ0n) is 26.5. The molecule has 4 nitrogen and oxygen atoms in total. The van der Waals surface area contributed by atoms with Gasteiger partial charge in [-0.2, -0.15) is 0 Å². The summed E-state index contributed by atoms with van der Waals surface area (Å²) >= 11 is 0. The molecule has 0 amide bonds. The Morgan fingerprint density at radius 1 is 0.438 bits per heavy atom. The van der Waals surface area contributed by atoms with Crippen molar-refractivity contribution in [3.8, 4) is 45.3 Å². The number of rotatable bonds is 3. The van der Waals surface area contributed by atoms with Crippen LogP contribution in [0.5, 0.6) is 0 Å². The normalized spacial score (nSPS) is 13.4. The Labute approximate surface area is 277 Å². The third-order valence-corrected chi connectivity index (χ3v) is 10.1. The lowest BCUT2D eigenvalue weighted by Crippen LogP contribution is -2.14. The third kappa shape index (κ3) is 3.93. The average Bonchev–Trinajstić information content (AvgIpc) is 3.62. The van der Waals surface area contributed by atoms with Crippen molar-refractivity contribution in [1.82, 2.24) is 15.0 Å². The molecule has 0 N–H and O–H groups in total. The van der Waals surface area contributed by atoms with Crippen LogP contribution in [0.2, 0.25) is 0 Å². The summed E-state index contributed by atoms with van der Waals surface area (Å²) in [5, 5.41) is 6.77. The van der Waals surface area contributed by atoms with Crippen LogP contribution in [0.3, 0.4) is 0 Å². The Kier molecular flexibility index (Phi) is 5.59. The van der Waals surface area contributed by atoms with E-state index in [-0.39, 0.29) is 5.41 Å². The van der Waals surface area contributed by atoms with Gasteiger partial charge in [-0.25, -0.2) is 15.0 Å². The van der Waals surface area contributed by atoms with Crippen molar-refractivity contribution in [3.05, 3.63) is 151 Å². The Hall–Kier alpha value is -6.13. The van der Waals surface area contributed by atoms with E-state index < -0.39 is 0 Å². The molecule has 9 aromatic rings. The smallest absolute Gasteiger partial charge is 0.164 e. The largest absolute Gasteiger partial charge is 0.456 e. The summed E-state index contributed by atoms with van der Waals surface area (Å²) < 4.78 is 6.15. The van der Waals surface area contributed by atoms with Gasteiger partial charge in [0.2, 0.25) is 0 Å². The van der Waals surface area contributed by atoms with E-state index in [1.54, 1.807) is 0 Å². The first-order valence-corrected chi connectivity index (χ1v) is 16.4. The molecule has 2 heterocycles. The zero-order chi connectivity index (χ0) is 32.0. The Morgan fingerprint density at radius 2 is 1.06 bits per heavy atom. The molecular weight excluding hydrogens is 587 g/mol. The fraction of sp³-hybridized carbons (Fsp3) is 0.0682. The molecule has 7 aromatic carbocycles. The molecule has 1 aliphatic carbocycles. The van der Waals surface area contributed by atoms with Gasteiger partial charge in [0.15, 0.2) is 17.5 Å². The summed E-state index contributed by atoms with van der Waals surface area (Å²) in [6, 6.07) is 49.0. The zero-order valence-corrected chi connectivity index (χ0v) is 26.5. The first-order valence-electron chi connectivity index (χ1n) is 16.4. The lowest BCUT2D eigenvalue weighted by molar-refractivity contribution is 0.660. The number of nitrogens with zero attached hydrogens (tertiary/aromatic N) is 3. The van der Waals surface area contributed by atoms with Crippen LogP contribution in [0, 0.1) is 0 Å². The van der Waals surface area contributed by atoms with Crippen molar-refractivity contribution >= 4 is 43.5 Å². The van der Waals surface area contributed by atoms with E-state index in [1.165, 1.54) is 33.0 Å². The predicted molar refractivity (Wildman–Crippen MR) is 196 cm³/mol. The number of hydrogen-bond acceptors (Lipinski definition) is 4. The van der Waals surface area contributed by atoms with Crippen molar-refractivity contribution in [2.24, 2.45) is 0 Å². The molecule has 0 saturated heterocycles. The van der Waals surface area contributed by atoms with E-state index in [9.17, 15) is 0 Å². The number of para-hydroxylation sites is 1. The Balaban J connectivity index is 1.24. The van der Waals surface area contributed by atoms with E-state index in [4.69, 9.17) is 19.4 Å². The maximum atomic E-state index is 6.15. The molecule has 48 heavy (non-hydrogen) atoms. The van der Waals surface area contributed by atoms with Crippen LogP contribution >= 0.6 is 0 Å². The Morgan fingerprint density at radius 3 is 1.96 bits per heavy atom. The van der Waals surface area contributed by atoms with Crippen molar-refractivity contribution in [3.63, 3.8) is 0 Å². The lowest BCUT2D eigenvalue weighted by Gasteiger charge is -2.21. The standard InChI is InChI=1S/C44H29N3O/c1-44(2)36-16-7-5-13-31(36)34-24-28(20-22-37(34)44)41-45-42(29-21-23-39-35(25-29)32-14-6-8-17-38(32)48-39)47-43(46-41)33-15-9-11-27-19-18-26-10-3-4-12-30(26)40(27)33/h3-25H,1-2H3. The molecule has 0 spiro atoms. The van der Waals surface area contributed by atoms with E-state index in [1.807, 2.05) is 30.3 Å². The molecule has 0 aliphatic heterocycles. The highest BCUT2D eigenvalue weighted by molar-refractivity contribution is 6.14. The molecule has 4 heteroatoms. The van der Waals surface area contributed by atoms with Gasteiger partial charge in [-0.05, 0) is 68.7 Å². The van der Waals surface area contributed by atoms with Gasteiger partial charge >= 0.3 is 0 Å². The first-order chi connectivity index (χ1) is 23.5. The van der Waals surface area contributed by atoms with Crippen LogP contribution in [0.4, 0.5) is 0 Å². The summed E-state index contributed by atoms with van der Waals surface area (Å²) in [5.74, 6) is 1.92. The van der Waals surface area contributed by atoms with E-state index in [0.29, 0.717) is 17.5 Å². The summed E-state index contributed by atoms with van der Waals surface area (Å²) in [5.41, 5.74) is 9.66. The highest BCUT2D eigenvalue weighted by Crippen LogP contribution is 2.49. The number of aromatic nitrogens is 3. The number of furan rings is 1. The minimum Gasteiger partial charge on any atom is -0.456 e. The van der Waals surface area contributed by atoms with Gasteiger partial charge < -0.3 is 4.42 Å². The summed E-state index contributed by atoms with van der Waals surface area (Å²) in [6.07, 6.45) is 0.